The normalized spacial score (nSPS) is 10.6. The van der Waals surface area contributed by atoms with Crippen LogP contribution in [0.5, 0.6) is 11.6 Å². The van der Waals surface area contributed by atoms with Crippen molar-refractivity contribution in [3.05, 3.63) is 58.7 Å². The number of ether oxygens (including phenoxy) is 1. The number of aromatic nitrogens is 2. The summed E-state index contributed by atoms with van der Waals surface area (Å²) in [5, 5.41) is 0. The minimum Gasteiger partial charge on any atom is -0.437 e. The highest BCUT2D eigenvalue weighted by molar-refractivity contribution is 9.10. The predicted molar refractivity (Wildman–Crippen MR) is 78.5 cm³/mol. The van der Waals surface area contributed by atoms with Gasteiger partial charge in [-0.1, -0.05) is 28.1 Å². The molecule has 19 heavy (non-hydrogen) atoms. The van der Waals surface area contributed by atoms with Crippen molar-refractivity contribution in [3.63, 3.8) is 0 Å². The summed E-state index contributed by atoms with van der Waals surface area (Å²) in [5.74, 6) is 1.29. The maximum Gasteiger partial charge on any atom is 0.241 e. The fourth-order valence-corrected chi connectivity index (χ4v) is 2.05. The zero-order chi connectivity index (χ0) is 13.2. The van der Waals surface area contributed by atoms with E-state index in [4.69, 9.17) is 4.74 Å². The van der Waals surface area contributed by atoms with Gasteiger partial charge in [0.15, 0.2) is 0 Å². The molecule has 0 saturated heterocycles. The first-order valence-electron chi connectivity index (χ1n) is 5.89. The Morgan fingerprint density at radius 3 is 2.21 bits per heavy atom. The van der Waals surface area contributed by atoms with Crippen molar-refractivity contribution in [2.75, 3.05) is 0 Å². The maximum absolute atomic E-state index is 5.78. The Morgan fingerprint density at radius 2 is 1.53 bits per heavy atom. The summed E-state index contributed by atoms with van der Waals surface area (Å²) in [7, 11) is 0. The van der Waals surface area contributed by atoms with E-state index in [1.165, 1.54) is 0 Å². The van der Waals surface area contributed by atoms with E-state index in [1.807, 2.05) is 55.5 Å². The Hall–Kier alpha value is -1.94. The van der Waals surface area contributed by atoms with Crippen LogP contribution in [0.2, 0.25) is 0 Å². The highest BCUT2D eigenvalue weighted by Gasteiger charge is 2.07. The van der Waals surface area contributed by atoms with Gasteiger partial charge in [-0.2, -0.15) is 0 Å². The highest BCUT2D eigenvalue weighted by Crippen LogP contribution is 2.25. The lowest BCUT2D eigenvalue weighted by Gasteiger charge is -2.08. The van der Waals surface area contributed by atoms with Crippen LogP contribution in [0.1, 0.15) is 5.69 Å². The molecule has 0 spiro atoms. The molecule has 94 valence electrons. The minimum absolute atomic E-state index is 0.543. The molecular weight excluding hydrogens is 304 g/mol. The highest BCUT2D eigenvalue weighted by atomic mass is 79.9. The van der Waals surface area contributed by atoms with E-state index >= 15 is 0 Å². The second-order valence-electron chi connectivity index (χ2n) is 4.16. The van der Waals surface area contributed by atoms with E-state index in [1.54, 1.807) is 0 Å². The van der Waals surface area contributed by atoms with Gasteiger partial charge in [0.1, 0.15) is 11.4 Å². The minimum atomic E-state index is 0.543. The molecule has 0 amide bonds. The molecule has 3 aromatic rings. The summed E-state index contributed by atoms with van der Waals surface area (Å²) in [5.41, 5.74) is 2.49. The molecule has 1 aromatic heterocycles. The molecule has 3 rings (SSSR count). The van der Waals surface area contributed by atoms with Crippen molar-refractivity contribution in [1.29, 1.82) is 0 Å². The molecule has 0 aliphatic heterocycles. The number of aryl methyl sites for hydroxylation is 1. The number of benzene rings is 2. The summed E-state index contributed by atoms with van der Waals surface area (Å²) in [6.07, 6.45) is 0. The fraction of sp³-hybridized carbons (Fsp3) is 0.0667. The van der Waals surface area contributed by atoms with Crippen molar-refractivity contribution >= 4 is 27.0 Å². The monoisotopic (exact) mass is 314 g/mol. The number of fused-ring (bicyclic) bond motifs is 1. The fourth-order valence-electron chi connectivity index (χ4n) is 1.78. The largest absolute Gasteiger partial charge is 0.437 e. The van der Waals surface area contributed by atoms with Gasteiger partial charge in [-0.15, -0.1) is 0 Å². The molecule has 4 heteroatoms. The van der Waals surface area contributed by atoms with E-state index in [-0.39, 0.29) is 0 Å². The SMILES string of the molecule is Cc1nc2ccccc2nc1Oc1ccc(Br)cc1. The molecule has 0 aliphatic carbocycles. The number of hydrogen-bond acceptors (Lipinski definition) is 3. The molecule has 3 nitrogen and oxygen atoms in total. The molecule has 0 N–H and O–H groups in total. The van der Waals surface area contributed by atoms with Crippen LogP contribution < -0.4 is 4.74 Å². The van der Waals surface area contributed by atoms with Gasteiger partial charge in [-0.05, 0) is 43.3 Å². The second kappa shape index (κ2) is 4.97. The first-order valence-corrected chi connectivity index (χ1v) is 6.68. The summed E-state index contributed by atoms with van der Waals surface area (Å²) >= 11 is 3.39. The van der Waals surface area contributed by atoms with Crippen molar-refractivity contribution in [2.24, 2.45) is 0 Å². The van der Waals surface area contributed by atoms with Crippen LogP contribution in [0, 0.1) is 6.92 Å². The van der Waals surface area contributed by atoms with Gasteiger partial charge >= 0.3 is 0 Å². The molecule has 1 heterocycles. The lowest BCUT2D eigenvalue weighted by molar-refractivity contribution is 0.458. The molecule has 0 unspecified atom stereocenters. The Balaban J connectivity index is 2.00. The number of nitrogens with zero attached hydrogens (tertiary/aromatic N) is 2. The molecule has 2 aromatic carbocycles. The van der Waals surface area contributed by atoms with Gasteiger partial charge in [-0.3, -0.25) is 0 Å². The number of halogens is 1. The number of rotatable bonds is 2. The third-order valence-corrected chi connectivity index (χ3v) is 3.26. The van der Waals surface area contributed by atoms with Crippen LogP contribution >= 0.6 is 15.9 Å². The van der Waals surface area contributed by atoms with Crippen molar-refractivity contribution in [3.8, 4) is 11.6 Å². The average Bonchev–Trinajstić information content (AvgIpc) is 2.42. The summed E-state index contributed by atoms with van der Waals surface area (Å²) in [4.78, 5) is 8.99. The zero-order valence-corrected chi connectivity index (χ0v) is 11.9. The number of para-hydroxylation sites is 2. The molecule has 0 saturated carbocycles. The van der Waals surface area contributed by atoms with Gasteiger partial charge in [-0.25, -0.2) is 9.97 Å². The van der Waals surface area contributed by atoms with Crippen molar-refractivity contribution in [1.82, 2.24) is 9.97 Å². The van der Waals surface area contributed by atoms with Crippen LogP contribution in [0.25, 0.3) is 11.0 Å². The lowest BCUT2D eigenvalue weighted by Crippen LogP contribution is -1.95. The quantitative estimate of drug-likeness (QED) is 0.699. The van der Waals surface area contributed by atoms with Gasteiger partial charge in [0.05, 0.1) is 11.0 Å². The molecular formula is C15H11BrN2O. The van der Waals surface area contributed by atoms with Crippen molar-refractivity contribution < 1.29 is 4.74 Å². The smallest absolute Gasteiger partial charge is 0.241 e. The van der Waals surface area contributed by atoms with Crippen LogP contribution in [0.4, 0.5) is 0 Å². The van der Waals surface area contributed by atoms with E-state index in [0.717, 1.165) is 26.9 Å². The Bertz CT molecular complexity index is 726. The summed E-state index contributed by atoms with van der Waals surface area (Å²) in [6.45, 7) is 1.90. The Labute approximate surface area is 119 Å². The van der Waals surface area contributed by atoms with Crippen molar-refractivity contribution in [2.45, 2.75) is 6.92 Å². The van der Waals surface area contributed by atoms with Crippen LogP contribution in [0.15, 0.2) is 53.0 Å². The first-order chi connectivity index (χ1) is 9.22. The standard InChI is InChI=1S/C15H11BrN2O/c1-10-15(19-12-8-6-11(16)7-9-12)18-14-5-3-2-4-13(14)17-10/h2-9H,1H3. The van der Waals surface area contributed by atoms with Gasteiger partial charge < -0.3 is 4.74 Å². The Kier molecular flexibility index (Phi) is 3.17. The average molecular weight is 315 g/mol. The Morgan fingerprint density at radius 1 is 0.895 bits per heavy atom. The summed E-state index contributed by atoms with van der Waals surface area (Å²) in [6, 6.07) is 15.4. The molecule has 0 bridgehead atoms. The van der Waals surface area contributed by atoms with E-state index < -0.39 is 0 Å². The molecule has 0 fully saturated rings. The third kappa shape index (κ3) is 2.58. The molecule has 0 radical (unpaired) electrons. The maximum atomic E-state index is 5.78. The van der Waals surface area contributed by atoms with E-state index in [0.29, 0.717) is 5.88 Å². The lowest BCUT2D eigenvalue weighted by atomic mass is 10.3. The van der Waals surface area contributed by atoms with E-state index in [9.17, 15) is 0 Å². The predicted octanol–water partition coefficient (Wildman–Crippen LogP) is 4.49. The van der Waals surface area contributed by atoms with Crippen LogP contribution in [-0.4, -0.2) is 9.97 Å². The van der Waals surface area contributed by atoms with Gasteiger partial charge in [0, 0.05) is 4.47 Å². The van der Waals surface area contributed by atoms with Crippen LogP contribution in [0.3, 0.4) is 0 Å². The zero-order valence-electron chi connectivity index (χ0n) is 10.3. The topological polar surface area (TPSA) is 35.0 Å². The van der Waals surface area contributed by atoms with Gasteiger partial charge in [0.2, 0.25) is 5.88 Å². The van der Waals surface area contributed by atoms with Gasteiger partial charge in [0.25, 0.3) is 0 Å². The third-order valence-electron chi connectivity index (χ3n) is 2.73. The summed E-state index contributed by atoms with van der Waals surface area (Å²) < 4.78 is 6.79. The molecule has 0 aliphatic rings. The van der Waals surface area contributed by atoms with Crippen LogP contribution in [-0.2, 0) is 0 Å². The second-order valence-corrected chi connectivity index (χ2v) is 5.07. The van der Waals surface area contributed by atoms with E-state index in [2.05, 4.69) is 25.9 Å². The molecule has 0 atom stereocenters. The number of hydrogen-bond donors (Lipinski definition) is 0. The first kappa shape index (κ1) is 12.1.